The highest BCUT2D eigenvalue weighted by atomic mass is 16.4. The van der Waals surface area contributed by atoms with Gasteiger partial charge < -0.3 is 15.7 Å². The van der Waals surface area contributed by atoms with Crippen molar-refractivity contribution in [1.82, 2.24) is 4.98 Å². The van der Waals surface area contributed by atoms with Gasteiger partial charge in [0.15, 0.2) is 0 Å². The SMILES string of the molecule is Nc1ccnc(N2CCC(C(=O)O)CC2)c1. The van der Waals surface area contributed by atoms with E-state index in [1.165, 1.54) is 0 Å². The second-order valence-electron chi connectivity index (χ2n) is 4.05. The summed E-state index contributed by atoms with van der Waals surface area (Å²) in [5.41, 5.74) is 6.37. The van der Waals surface area contributed by atoms with E-state index in [1.54, 1.807) is 12.3 Å². The van der Waals surface area contributed by atoms with Crippen LogP contribution in [0.5, 0.6) is 0 Å². The van der Waals surface area contributed by atoms with Gasteiger partial charge in [0.05, 0.1) is 5.92 Å². The first kappa shape index (κ1) is 10.7. The average Bonchev–Trinajstić information content (AvgIpc) is 2.29. The van der Waals surface area contributed by atoms with Crippen molar-refractivity contribution in [2.24, 2.45) is 5.92 Å². The van der Waals surface area contributed by atoms with Crippen LogP contribution < -0.4 is 10.6 Å². The molecule has 0 bridgehead atoms. The highest BCUT2D eigenvalue weighted by Crippen LogP contribution is 2.22. The third-order valence-electron chi connectivity index (χ3n) is 2.94. The first-order chi connectivity index (χ1) is 7.66. The number of hydrogen-bond donors (Lipinski definition) is 2. The molecule has 3 N–H and O–H groups in total. The Labute approximate surface area is 93.9 Å². The minimum absolute atomic E-state index is 0.211. The molecule has 0 radical (unpaired) electrons. The molecular weight excluding hydrogens is 206 g/mol. The second kappa shape index (κ2) is 4.38. The van der Waals surface area contributed by atoms with Gasteiger partial charge in [0.25, 0.3) is 0 Å². The molecule has 0 unspecified atom stereocenters. The van der Waals surface area contributed by atoms with Crippen LogP contribution in [0.15, 0.2) is 18.3 Å². The number of carboxylic acids is 1. The van der Waals surface area contributed by atoms with Gasteiger partial charge in [-0.2, -0.15) is 0 Å². The predicted molar refractivity (Wildman–Crippen MR) is 61.2 cm³/mol. The zero-order chi connectivity index (χ0) is 11.5. The van der Waals surface area contributed by atoms with E-state index in [0.717, 1.165) is 18.9 Å². The fraction of sp³-hybridized carbons (Fsp3) is 0.455. The molecule has 0 aromatic carbocycles. The van der Waals surface area contributed by atoms with E-state index in [1.807, 2.05) is 6.07 Å². The molecule has 2 rings (SSSR count). The van der Waals surface area contributed by atoms with E-state index in [0.29, 0.717) is 18.5 Å². The van der Waals surface area contributed by atoms with Gasteiger partial charge in [0.1, 0.15) is 5.82 Å². The number of piperidine rings is 1. The van der Waals surface area contributed by atoms with Crippen molar-refractivity contribution in [1.29, 1.82) is 0 Å². The van der Waals surface area contributed by atoms with Gasteiger partial charge in [-0.25, -0.2) is 4.98 Å². The van der Waals surface area contributed by atoms with Gasteiger partial charge in [-0.1, -0.05) is 0 Å². The molecule has 5 nitrogen and oxygen atoms in total. The van der Waals surface area contributed by atoms with Gasteiger partial charge in [0.2, 0.25) is 0 Å². The lowest BCUT2D eigenvalue weighted by Gasteiger charge is -2.31. The molecule has 1 saturated heterocycles. The third kappa shape index (κ3) is 2.24. The molecule has 0 saturated carbocycles. The fourth-order valence-corrected chi connectivity index (χ4v) is 1.96. The van der Waals surface area contributed by atoms with E-state index in [4.69, 9.17) is 10.8 Å². The van der Waals surface area contributed by atoms with Crippen molar-refractivity contribution in [3.8, 4) is 0 Å². The Kier molecular flexibility index (Phi) is 2.94. The van der Waals surface area contributed by atoms with Gasteiger partial charge >= 0.3 is 5.97 Å². The number of anilines is 2. The summed E-state index contributed by atoms with van der Waals surface area (Å²) in [5, 5.41) is 8.89. The van der Waals surface area contributed by atoms with Crippen LogP contribution in [0, 0.1) is 5.92 Å². The molecule has 0 amide bonds. The standard InChI is InChI=1S/C11H15N3O2/c12-9-1-4-13-10(7-9)14-5-2-8(3-6-14)11(15)16/h1,4,7-8H,2-3,5-6H2,(H2,12,13)(H,15,16). The summed E-state index contributed by atoms with van der Waals surface area (Å²) in [6, 6.07) is 3.56. The largest absolute Gasteiger partial charge is 0.481 e. The molecule has 86 valence electrons. The number of carboxylic acid groups (broad SMARTS) is 1. The number of nitrogens with zero attached hydrogens (tertiary/aromatic N) is 2. The summed E-state index contributed by atoms with van der Waals surface area (Å²) < 4.78 is 0. The molecule has 0 spiro atoms. The van der Waals surface area contributed by atoms with E-state index in [-0.39, 0.29) is 5.92 Å². The Balaban J connectivity index is 2.01. The van der Waals surface area contributed by atoms with E-state index < -0.39 is 5.97 Å². The quantitative estimate of drug-likeness (QED) is 0.777. The molecule has 0 atom stereocenters. The van der Waals surface area contributed by atoms with Crippen molar-refractivity contribution in [3.05, 3.63) is 18.3 Å². The number of rotatable bonds is 2. The summed E-state index contributed by atoms with van der Waals surface area (Å²) in [6.07, 6.45) is 3.02. The van der Waals surface area contributed by atoms with Gasteiger partial charge in [-0.15, -0.1) is 0 Å². The Hall–Kier alpha value is -1.78. The molecule has 1 fully saturated rings. The Morgan fingerprint density at radius 2 is 2.19 bits per heavy atom. The number of pyridine rings is 1. The molecule has 1 aliphatic rings. The average molecular weight is 221 g/mol. The normalized spacial score (nSPS) is 17.4. The van der Waals surface area contributed by atoms with Crippen LogP contribution in [0.2, 0.25) is 0 Å². The van der Waals surface area contributed by atoms with Crippen LogP contribution in [-0.2, 0) is 4.79 Å². The second-order valence-corrected chi connectivity index (χ2v) is 4.05. The summed E-state index contributed by atoms with van der Waals surface area (Å²) >= 11 is 0. The van der Waals surface area contributed by atoms with Crippen LogP contribution in [-0.4, -0.2) is 29.1 Å². The molecule has 2 heterocycles. The first-order valence-corrected chi connectivity index (χ1v) is 5.36. The van der Waals surface area contributed by atoms with Crippen molar-refractivity contribution in [2.75, 3.05) is 23.7 Å². The zero-order valence-corrected chi connectivity index (χ0v) is 8.97. The Morgan fingerprint density at radius 1 is 1.50 bits per heavy atom. The molecule has 5 heteroatoms. The lowest BCUT2D eigenvalue weighted by Crippen LogP contribution is -2.36. The third-order valence-corrected chi connectivity index (χ3v) is 2.94. The van der Waals surface area contributed by atoms with Crippen molar-refractivity contribution in [2.45, 2.75) is 12.8 Å². The zero-order valence-electron chi connectivity index (χ0n) is 8.97. The maximum Gasteiger partial charge on any atom is 0.306 e. The van der Waals surface area contributed by atoms with Crippen LogP contribution in [0.1, 0.15) is 12.8 Å². The number of aromatic nitrogens is 1. The topological polar surface area (TPSA) is 79.5 Å². The fourth-order valence-electron chi connectivity index (χ4n) is 1.96. The minimum atomic E-state index is -0.694. The summed E-state index contributed by atoms with van der Waals surface area (Å²) in [7, 11) is 0. The molecule has 1 aliphatic heterocycles. The first-order valence-electron chi connectivity index (χ1n) is 5.36. The van der Waals surface area contributed by atoms with Crippen LogP contribution in [0.4, 0.5) is 11.5 Å². The number of nitrogen functional groups attached to an aromatic ring is 1. The lowest BCUT2D eigenvalue weighted by molar-refractivity contribution is -0.142. The van der Waals surface area contributed by atoms with Crippen molar-refractivity contribution >= 4 is 17.5 Å². The monoisotopic (exact) mass is 221 g/mol. The molecule has 16 heavy (non-hydrogen) atoms. The van der Waals surface area contributed by atoms with Crippen LogP contribution in [0.3, 0.4) is 0 Å². The predicted octanol–water partition coefficient (Wildman–Crippen LogP) is 0.965. The lowest BCUT2D eigenvalue weighted by atomic mass is 9.97. The van der Waals surface area contributed by atoms with Crippen molar-refractivity contribution < 1.29 is 9.90 Å². The summed E-state index contributed by atoms with van der Waals surface area (Å²) in [4.78, 5) is 17.1. The minimum Gasteiger partial charge on any atom is -0.481 e. The van der Waals surface area contributed by atoms with Crippen molar-refractivity contribution in [3.63, 3.8) is 0 Å². The number of nitrogens with two attached hydrogens (primary N) is 1. The highest BCUT2D eigenvalue weighted by molar-refractivity contribution is 5.70. The molecule has 0 aliphatic carbocycles. The van der Waals surface area contributed by atoms with Gasteiger partial charge in [-0.05, 0) is 18.9 Å². The summed E-state index contributed by atoms with van der Waals surface area (Å²) in [6.45, 7) is 1.46. The summed E-state index contributed by atoms with van der Waals surface area (Å²) in [5.74, 6) is -0.0682. The maximum absolute atomic E-state index is 10.8. The number of aliphatic carboxylic acids is 1. The van der Waals surface area contributed by atoms with Gasteiger partial charge in [0, 0.05) is 31.0 Å². The smallest absolute Gasteiger partial charge is 0.306 e. The highest BCUT2D eigenvalue weighted by Gasteiger charge is 2.24. The molecular formula is C11H15N3O2. The van der Waals surface area contributed by atoms with E-state index in [9.17, 15) is 4.79 Å². The van der Waals surface area contributed by atoms with E-state index in [2.05, 4.69) is 9.88 Å². The van der Waals surface area contributed by atoms with Crippen LogP contribution >= 0.6 is 0 Å². The number of hydrogen-bond acceptors (Lipinski definition) is 4. The Bertz CT molecular complexity index is 387. The van der Waals surface area contributed by atoms with Crippen LogP contribution in [0.25, 0.3) is 0 Å². The maximum atomic E-state index is 10.8. The van der Waals surface area contributed by atoms with E-state index >= 15 is 0 Å². The molecule has 1 aromatic heterocycles. The van der Waals surface area contributed by atoms with Gasteiger partial charge in [-0.3, -0.25) is 4.79 Å². The molecule has 1 aromatic rings. The number of carbonyl (C=O) groups is 1. The Morgan fingerprint density at radius 3 is 2.75 bits per heavy atom.